The van der Waals surface area contributed by atoms with Gasteiger partial charge in [-0.05, 0) is 62.4 Å². The Hall–Kier alpha value is -3.04. The summed E-state index contributed by atoms with van der Waals surface area (Å²) in [5.74, 6) is -0.531. The van der Waals surface area contributed by atoms with Crippen LogP contribution in [0.4, 0.5) is 4.39 Å². The molecule has 0 saturated heterocycles. The van der Waals surface area contributed by atoms with E-state index in [1.807, 2.05) is 24.7 Å². The number of nitrogens with zero attached hydrogens (tertiary/aromatic N) is 2. The van der Waals surface area contributed by atoms with Crippen molar-refractivity contribution in [3.8, 4) is 11.3 Å². The van der Waals surface area contributed by atoms with Crippen molar-refractivity contribution in [2.24, 2.45) is 13.0 Å². The fraction of sp³-hybridized carbons (Fsp3) is 0.360. The monoisotopic (exact) mass is 484 g/mol. The van der Waals surface area contributed by atoms with Crippen LogP contribution in [-0.2, 0) is 21.9 Å². The summed E-state index contributed by atoms with van der Waals surface area (Å²) >= 11 is 0. The van der Waals surface area contributed by atoms with Crippen molar-refractivity contribution in [1.29, 1.82) is 0 Å². The number of carbonyl (C=O) groups is 1. The van der Waals surface area contributed by atoms with Crippen LogP contribution in [0.5, 0.6) is 0 Å². The van der Waals surface area contributed by atoms with E-state index in [0.717, 1.165) is 16.8 Å². The molecule has 4 rings (SSSR count). The molecule has 1 atom stereocenters. The maximum absolute atomic E-state index is 13.1. The van der Waals surface area contributed by atoms with Gasteiger partial charge in [0.2, 0.25) is 15.9 Å². The number of imidazole rings is 1. The molecule has 1 aliphatic rings. The quantitative estimate of drug-likeness (QED) is 0.531. The summed E-state index contributed by atoms with van der Waals surface area (Å²) in [6.45, 7) is 1.87. The van der Waals surface area contributed by atoms with E-state index < -0.39 is 10.0 Å². The lowest BCUT2D eigenvalue weighted by Crippen LogP contribution is -2.41. The van der Waals surface area contributed by atoms with Crippen LogP contribution >= 0.6 is 0 Å². The normalized spacial score (nSPS) is 19.5. The Morgan fingerprint density at radius 3 is 2.29 bits per heavy atom. The van der Waals surface area contributed by atoms with Crippen molar-refractivity contribution in [1.82, 2.24) is 19.6 Å². The minimum atomic E-state index is -3.66. The topological polar surface area (TPSA) is 93.1 Å². The number of hydrogen-bond acceptors (Lipinski definition) is 4. The number of carbonyl (C=O) groups excluding carboxylic acids is 1. The Kier molecular flexibility index (Phi) is 7.13. The number of benzene rings is 2. The van der Waals surface area contributed by atoms with E-state index in [4.69, 9.17) is 0 Å². The van der Waals surface area contributed by atoms with Gasteiger partial charge in [-0.15, -0.1) is 0 Å². The van der Waals surface area contributed by atoms with Crippen LogP contribution in [-0.4, -0.2) is 29.9 Å². The SMILES string of the molecule is C[C@@H](NC(=O)[C@H]1CC[C@H](NS(=O)(=O)c2ccc(-c3cn(C)cn3)cc2)CC1)c1ccc(F)cc1. The molecular weight excluding hydrogens is 455 g/mol. The van der Waals surface area contributed by atoms with Gasteiger partial charge in [0.15, 0.2) is 0 Å². The highest BCUT2D eigenvalue weighted by Gasteiger charge is 2.29. The first-order valence-electron chi connectivity index (χ1n) is 11.4. The predicted molar refractivity (Wildman–Crippen MR) is 128 cm³/mol. The third-order valence-electron chi connectivity index (χ3n) is 6.31. The number of hydrogen-bond donors (Lipinski definition) is 2. The standard InChI is InChI=1S/C25H29FN4O3S/c1-17(18-3-9-21(26)10-4-18)28-25(31)20-5-11-22(12-6-20)29-34(32,33)23-13-7-19(8-14-23)24-15-30(2)16-27-24/h3-4,7-10,13-17,20,22,29H,5-6,11-12H2,1-2H3,(H,28,31)/t17-,20-,22-/m1/s1. The van der Waals surface area contributed by atoms with Gasteiger partial charge in [-0.1, -0.05) is 24.3 Å². The molecule has 0 aliphatic heterocycles. The maximum atomic E-state index is 13.1. The Morgan fingerprint density at radius 2 is 1.71 bits per heavy atom. The van der Waals surface area contributed by atoms with Gasteiger partial charge in [0.05, 0.1) is 23.0 Å². The zero-order chi connectivity index (χ0) is 24.3. The van der Waals surface area contributed by atoms with Gasteiger partial charge in [-0.25, -0.2) is 22.5 Å². The minimum absolute atomic E-state index is 0.0526. The molecule has 0 spiro atoms. The first kappa shape index (κ1) is 24.1. The van der Waals surface area contributed by atoms with Crippen LogP contribution in [0.3, 0.4) is 0 Å². The van der Waals surface area contributed by atoms with Crippen LogP contribution in [0.2, 0.25) is 0 Å². The highest BCUT2D eigenvalue weighted by Crippen LogP contribution is 2.27. The average molecular weight is 485 g/mol. The number of halogens is 1. The van der Waals surface area contributed by atoms with Crippen molar-refractivity contribution >= 4 is 15.9 Å². The molecule has 1 heterocycles. The molecule has 0 radical (unpaired) electrons. The molecule has 2 N–H and O–H groups in total. The molecule has 7 nitrogen and oxygen atoms in total. The summed E-state index contributed by atoms with van der Waals surface area (Å²) in [6, 6.07) is 12.3. The highest BCUT2D eigenvalue weighted by molar-refractivity contribution is 7.89. The van der Waals surface area contributed by atoms with Gasteiger partial charge in [0, 0.05) is 30.8 Å². The molecule has 1 aliphatic carbocycles. The Bertz CT molecular complexity index is 1230. The maximum Gasteiger partial charge on any atom is 0.240 e. The first-order valence-corrected chi connectivity index (χ1v) is 12.9. The van der Waals surface area contributed by atoms with Crippen molar-refractivity contribution < 1.29 is 17.6 Å². The zero-order valence-corrected chi connectivity index (χ0v) is 20.1. The van der Waals surface area contributed by atoms with Gasteiger partial charge in [0.25, 0.3) is 0 Å². The fourth-order valence-corrected chi connectivity index (χ4v) is 5.60. The number of aryl methyl sites for hydroxylation is 1. The average Bonchev–Trinajstić information content (AvgIpc) is 3.26. The van der Waals surface area contributed by atoms with Crippen LogP contribution in [0.1, 0.15) is 44.2 Å². The van der Waals surface area contributed by atoms with E-state index in [9.17, 15) is 17.6 Å². The summed E-state index contributed by atoms with van der Waals surface area (Å²) in [6.07, 6.45) is 5.96. The number of sulfonamides is 1. The second kappa shape index (κ2) is 10.1. The Morgan fingerprint density at radius 1 is 1.06 bits per heavy atom. The fourth-order valence-electron chi connectivity index (χ4n) is 4.29. The van der Waals surface area contributed by atoms with Crippen LogP contribution < -0.4 is 10.0 Å². The zero-order valence-electron chi connectivity index (χ0n) is 19.2. The largest absolute Gasteiger partial charge is 0.349 e. The van der Waals surface area contributed by atoms with Crippen LogP contribution in [0.25, 0.3) is 11.3 Å². The molecule has 0 bridgehead atoms. The summed E-state index contributed by atoms with van der Waals surface area (Å²) in [5.41, 5.74) is 2.47. The molecule has 0 unspecified atom stereocenters. The number of rotatable bonds is 7. The number of amides is 1. The Labute approximate surface area is 199 Å². The molecule has 1 fully saturated rings. The lowest BCUT2D eigenvalue weighted by atomic mass is 9.85. The van der Waals surface area contributed by atoms with Crippen molar-refractivity contribution in [3.63, 3.8) is 0 Å². The smallest absolute Gasteiger partial charge is 0.240 e. The summed E-state index contributed by atoms with van der Waals surface area (Å²) in [4.78, 5) is 17.2. The van der Waals surface area contributed by atoms with Crippen molar-refractivity contribution in [2.75, 3.05) is 0 Å². The summed E-state index contributed by atoms with van der Waals surface area (Å²) < 4.78 is 43.5. The number of nitrogens with one attached hydrogen (secondary N) is 2. The molecule has 34 heavy (non-hydrogen) atoms. The Balaban J connectivity index is 1.29. The third-order valence-corrected chi connectivity index (χ3v) is 7.85. The van der Waals surface area contributed by atoms with E-state index in [2.05, 4.69) is 15.0 Å². The van der Waals surface area contributed by atoms with E-state index >= 15 is 0 Å². The van der Waals surface area contributed by atoms with Gasteiger partial charge < -0.3 is 9.88 Å². The number of aromatic nitrogens is 2. The predicted octanol–water partition coefficient (Wildman–Crippen LogP) is 3.94. The van der Waals surface area contributed by atoms with Gasteiger partial charge in [-0.3, -0.25) is 4.79 Å². The molecule has 2 aromatic carbocycles. The second-order valence-corrected chi connectivity index (χ2v) is 10.6. The van der Waals surface area contributed by atoms with Gasteiger partial charge in [0.1, 0.15) is 5.82 Å². The van der Waals surface area contributed by atoms with E-state index in [-0.39, 0.29) is 34.6 Å². The summed E-state index contributed by atoms with van der Waals surface area (Å²) in [5, 5.41) is 2.99. The van der Waals surface area contributed by atoms with Crippen LogP contribution in [0, 0.1) is 11.7 Å². The lowest BCUT2D eigenvalue weighted by Gasteiger charge is -2.29. The second-order valence-electron chi connectivity index (χ2n) is 8.90. The van der Waals surface area contributed by atoms with Crippen LogP contribution in [0.15, 0.2) is 66.0 Å². The highest BCUT2D eigenvalue weighted by atomic mass is 32.2. The first-order chi connectivity index (χ1) is 16.2. The van der Waals surface area contributed by atoms with E-state index in [0.29, 0.717) is 25.7 Å². The molecule has 1 aromatic heterocycles. The molecular formula is C25H29FN4O3S. The molecule has 9 heteroatoms. The van der Waals surface area contributed by atoms with E-state index in [1.54, 1.807) is 42.7 Å². The third kappa shape index (κ3) is 5.71. The molecule has 3 aromatic rings. The van der Waals surface area contributed by atoms with Gasteiger partial charge >= 0.3 is 0 Å². The molecule has 1 saturated carbocycles. The summed E-state index contributed by atoms with van der Waals surface area (Å²) in [7, 11) is -1.78. The van der Waals surface area contributed by atoms with Crippen molar-refractivity contribution in [3.05, 3.63) is 72.4 Å². The van der Waals surface area contributed by atoms with E-state index in [1.165, 1.54) is 12.1 Å². The lowest BCUT2D eigenvalue weighted by molar-refractivity contribution is -0.126. The van der Waals surface area contributed by atoms with Gasteiger partial charge in [-0.2, -0.15) is 0 Å². The minimum Gasteiger partial charge on any atom is -0.349 e. The van der Waals surface area contributed by atoms with Crippen molar-refractivity contribution in [2.45, 2.75) is 49.6 Å². The molecule has 180 valence electrons. The molecule has 1 amide bonds.